The van der Waals surface area contributed by atoms with Crippen LogP contribution in [0.5, 0.6) is 5.75 Å². The van der Waals surface area contributed by atoms with E-state index in [2.05, 4.69) is 0 Å². The van der Waals surface area contributed by atoms with E-state index >= 15 is 0 Å². The number of carboxylic acid groups (broad SMARTS) is 1. The van der Waals surface area contributed by atoms with Crippen molar-refractivity contribution in [3.8, 4) is 5.75 Å². The zero-order chi connectivity index (χ0) is 17.7. The molecule has 1 fully saturated rings. The average molecular weight is 335 g/mol. The van der Waals surface area contributed by atoms with Crippen LogP contribution in [0.25, 0.3) is 0 Å². The van der Waals surface area contributed by atoms with Gasteiger partial charge in [-0.05, 0) is 38.0 Å². The number of carboxylic acids is 1. The topological polar surface area (TPSA) is 87.1 Å². The monoisotopic (exact) mass is 335 g/mol. The van der Waals surface area contributed by atoms with Gasteiger partial charge in [0.05, 0.1) is 18.1 Å². The van der Waals surface area contributed by atoms with Gasteiger partial charge in [0, 0.05) is 18.7 Å². The normalized spacial score (nSPS) is 23.8. The van der Waals surface area contributed by atoms with E-state index in [0.717, 1.165) is 0 Å². The first-order chi connectivity index (χ1) is 11.4. The zero-order valence-corrected chi connectivity index (χ0v) is 14.2. The van der Waals surface area contributed by atoms with E-state index in [9.17, 15) is 19.8 Å². The van der Waals surface area contributed by atoms with Crippen molar-refractivity contribution < 1.29 is 24.5 Å². The minimum Gasteiger partial charge on any atom is -0.494 e. The predicted molar refractivity (Wildman–Crippen MR) is 89.1 cm³/mol. The lowest BCUT2D eigenvalue weighted by molar-refractivity contribution is -0.162. The molecule has 6 heteroatoms. The minimum absolute atomic E-state index is 0.0317. The quantitative estimate of drug-likeness (QED) is 0.832. The lowest BCUT2D eigenvalue weighted by atomic mass is 9.72. The summed E-state index contributed by atoms with van der Waals surface area (Å²) in [7, 11) is 0. The molecular weight excluding hydrogens is 310 g/mol. The second-order valence-corrected chi connectivity index (χ2v) is 6.19. The van der Waals surface area contributed by atoms with Crippen molar-refractivity contribution in [3.05, 3.63) is 29.8 Å². The third-order valence-corrected chi connectivity index (χ3v) is 4.66. The Kier molecular flexibility index (Phi) is 5.83. The molecule has 1 saturated heterocycles. The van der Waals surface area contributed by atoms with Gasteiger partial charge in [-0.25, -0.2) is 0 Å². The van der Waals surface area contributed by atoms with Crippen LogP contribution in [0.3, 0.4) is 0 Å². The summed E-state index contributed by atoms with van der Waals surface area (Å²) in [5.74, 6) is -0.583. The summed E-state index contributed by atoms with van der Waals surface area (Å²) >= 11 is 0. The van der Waals surface area contributed by atoms with Gasteiger partial charge in [0.25, 0.3) is 5.91 Å². The summed E-state index contributed by atoms with van der Waals surface area (Å²) in [4.78, 5) is 25.8. The number of benzene rings is 1. The van der Waals surface area contributed by atoms with Crippen molar-refractivity contribution in [2.24, 2.45) is 5.41 Å². The van der Waals surface area contributed by atoms with Crippen molar-refractivity contribution in [3.63, 3.8) is 0 Å². The molecule has 0 unspecified atom stereocenters. The molecule has 0 saturated carbocycles. The lowest BCUT2D eigenvalue weighted by Gasteiger charge is -2.42. The van der Waals surface area contributed by atoms with E-state index < -0.39 is 17.5 Å². The molecule has 1 amide bonds. The van der Waals surface area contributed by atoms with E-state index in [-0.39, 0.29) is 18.9 Å². The van der Waals surface area contributed by atoms with Gasteiger partial charge in [-0.3, -0.25) is 9.59 Å². The Labute approximate surface area is 142 Å². The molecule has 1 aromatic rings. The smallest absolute Gasteiger partial charge is 0.312 e. The Balaban J connectivity index is 2.14. The van der Waals surface area contributed by atoms with E-state index in [0.29, 0.717) is 37.3 Å². The van der Waals surface area contributed by atoms with E-state index in [1.165, 1.54) is 4.90 Å². The summed E-state index contributed by atoms with van der Waals surface area (Å²) in [5, 5.41) is 20.0. The highest BCUT2D eigenvalue weighted by molar-refractivity contribution is 5.95. The summed E-state index contributed by atoms with van der Waals surface area (Å²) in [6.07, 6.45) is 0.274. The van der Waals surface area contributed by atoms with E-state index in [4.69, 9.17) is 4.74 Å². The molecule has 2 atom stereocenters. The van der Waals surface area contributed by atoms with Gasteiger partial charge in [-0.15, -0.1) is 0 Å². The molecule has 6 nitrogen and oxygen atoms in total. The molecule has 0 spiro atoms. The first-order valence-corrected chi connectivity index (χ1v) is 8.38. The number of rotatable bonds is 6. The first kappa shape index (κ1) is 18.3. The van der Waals surface area contributed by atoms with Crippen LogP contribution in [0.2, 0.25) is 0 Å². The highest BCUT2D eigenvalue weighted by atomic mass is 16.5. The molecule has 2 rings (SSSR count). The highest BCUT2D eigenvalue weighted by Gasteiger charge is 2.48. The minimum atomic E-state index is -1.15. The van der Waals surface area contributed by atoms with Crippen LogP contribution in [0.4, 0.5) is 0 Å². The molecule has 132 valence electrons. The van der Waals surface area contributed by atoms with Crippen LogP contribution in [0, 0.1) is 5.41 Å². The Morgan fingerprint density at radius 3 is 2.71 bits per heavy atom. The summed E-state index contributed by atoms with van der Waals surface area (Å²) in [6, 6.07) is 6.89. The van der Waals surface area contributed by atoms with Gasteiger partial charge in [-0.2, -0.15) is 0 Å². The summed E-state index contributed by atoms with van der Waals surface area (Å²) in [6.45, 7) is 4.63. The molecule has 2 N–H and O–H groups in total. The second kappa shape index (κ2) is 7.66. The van der Waals surface area contributed by atoms with Crippen molar-refractivity contribution in [2.75, 3.05) is 19.7 Å². The largest absolute Gasteiger partial charge is 0.494 e. The molecule has 1 heterocycles. The molecule has 1 aliphatic rings. The van der Waals surface area contributed by atoms with Crippen LogP contribution < -0.4 is 4.74 Å². The third kappa shape index (κ3) is 3.53. The Hall–Kier alpha value is -2.08. The van der Waals surface area contributed by atoms with E-state index in [1.807, 2.05) is 13.8 Å². The second-order valence-electron chi connectivity index (χ2n) is 6.19. The number of amides is 1. The van der Waals surface area contributed by atoms with Crippen molar-refractivity contribution >= 4 is 11.9 Å². The van der Waals surface area contributed by atoms with Crippen LogP contribution in [-0.4, -0.2) is 52.8 Å². The Morgan fingerprint density at radius 2 is 2.12 bits per heavy atom. The van der Waals surface area contributed by atoms with Crippen molar-refractivity contribution in [1.82, 2.24) is 4.90 Å². The van der Waals surface area contributed by atoms with Crippen LogP contribution in [-0.2, 0) is 4.79 Å². The van der Waals surface area contributed by atoms with Crippen LogP contribution in [0.1, 0.15) is 43.5 Å². The molecule has 1 aliphatic heterocycles. The maximum absolute atomic E-state index is 12.7. The van der Waals surface area contributed by atoms with Crippen LogP contribution >= 0.6 is 0 Å². The number of hydrogen-bond acceptors (Lipinski definition) is 4. The Morgan fingerprint density at radius 1 is 1.38 bits per heavy atom. The summed E-state index contributed by atoms with van der Waals surface area (Å²) in [5.41, 5.74) is -0.676. The van der Waals surface area contributed by atoms with Gasteiger partial charge in [0.1, 0.15) is 5.75 Å². The number of nitrogens with zero attached hydrogens (tertiary/aromatic N) is 1. The number of carbonyl (C=O) groups is 2. The number of aliphatic carboxylic acids is 1. The van der Waals surface area contributed by atoms with Crippen molar-refractivity contribution in [1.29, 1.82) is 0 Å². The summed E-state index contributed by atoms with van der Waals surface area (Å²) < 4.78 is 5.40. The van der Waals surface area contributed by atoms with E-state index in [1.54, 1.807) is 24.3 Å². The number of β-amino-alcohol motifs (C(OH)–C–C–N with tert-alkyl or cyclic N) is 1. The molecule has 1 aromatic carbocycles. The number of ether oxygens (including phenoxy) is 1. The zero-order valence-electron chi connectivity index (χ0n) is 14.2. The maximum Gasteiger partial charge on any atom is 0.312 e. The molecule has 0 aliphatic carbocycles. The molecule has 0 radical (unpaired) electrons. The number of likely N-dealkylation sites (tertiary alicyclic amines) is 1. The molecule has 0 bridgehead atoms. The standard InChI is InChI=1S/C18H25NO5/c1-3-8-18(17(22)23)9-10-19(12-15(18)20)16(21)13-6-5-7-14(11-13)24-4-2/h5-7,11,15,20H,3-4,8-10,12H2,1-2H3,(H,22,23)/t15-,18-/m0/s1. The molecular formula is C18H25NO5. The van der Waals surface area contributed by atoms with Crippen molar-refractivity contribution in [2.45, 2.75) is 39.2 Å². The number of carbonyl (C=O) groups excluding carboxylic acids is 1. The fraction of sp³-hybridized carbons (Fsp3) is 0.556. The number of piperidine rings is 1. The highest BCUT2D eigenvalue weighted by Crippen LogP contribution is 2.37. The average Bonchev–Trinajstić information content (AvgIpc) is 2.56. The first-order valence-electron chi connectivity index (χ1n) is 8.38. The van der Waals surface area contributed by atoms with Gasteiger partial charge < -0.3 is 19.8 Å². The number of hydrogen-bond donors (Lipinski definition) is 2. The lowest BCUT2D eigenvalue weighted by Crippen LogP contribution is -2.56. The Bertz CT molecular complexity index is 603. The predicted octanol–water partition coefficient (Wildman–Crippen LogP) is 2.16. The van der Waals surface area contributed by atoms with Gasteiger partial charge in [-0.1, -0.05) is 19.4 Å². The number of aliphatic hydroxyl groups is 1. The van der Waals surface area contributed by atoms with Gasteiger partial charge >= 0.3 is 5.97 Å². The maximum atomic E-state index is 12.7. The third-order valence-electron chi connectivity index (χ3n) is 4.66. The van der Waals surface area contributed by atoms with Gasteiger partial charge in [0.15, 0.2) is 0 Å². The van der Waals surface area contributed by atoms with Gasteiger partial charge in [0.2, 0.25) is 0 Å². The molecule has 0 aromatic heterocycles. The fourth-order valence-corrected chi connectivity index (χ4v) is 3.32. The van der Waals surface area contributed by atoms with Crippen LogP contribution in [0.15, 0.2) is 24.3 Å². The number of aliphatic hydroxyl groups excluding tert-OH is 1. The SMILES string of the molecule is CCC[C@]1(C(=O)O)CCN(C(=O)c2cccc(OCC)c2)C[C@@H]1O. The fourth-order valence-electron chi connectivity index (χ4n) is 3.32. The molecule has 24 heavy (non-hydrogen) atoms.